The summed E-state index contributed by atoms with van der Waals surface area (Å²) in [5.74, 6) is -0.345. The SMILES string of the molecule is Cc1ccc(/C=C2/SC3C=CC(C(=O)NCCCN4CCCCCC4)=CC3=NC2=O)cc1. The molecule has 1 saturated heterocycles. The summed E-state index contributed by atoms with van der Waals surface area (Å²) in [6, 6.07) is 8.06. The van der Waals surface area contributed by atoms with Crippen molar-refractivity contribution in [3.8, 4) is 0 Å². The summed E-state index contributed by atoms with van der Waals surface area (Å²) < 4.78 is 0. The first-order chi connectivity index (χ1) is 15.6. The number of hydrogen-bond donors (Lipinski definition) is 1. The number of allylic oxidation sites excluding steroid dienone is 1. The van der Waals surface area contributed by atoms with Crippen LogP contribution >= 0.6 is 11.8 Å². The van der Waals surface area contributed by atoms with Crippen LogP contribution in [0.3, 0.4) is 0 Å². The van der Waals surface area contributed by atoms with Gasteiger partial charge in [0.25, 0.3) is 11.8 Å². The van der Waals surface area contributed by atoms with E-state index in [1.54, 1.807) is 6.08 Å². The van der Waals surface area contributed by atoms with E-state index < -0.39 is 0 Å². The van der Waals surface area contributed by atoms with Crippen LogP contribution in [0.15, 0.2) is 58.0 Å². The molecule has 5 nitrogen and oxygen atoms in total. The number of thioether (sulfide) groups is 1. The van der Waals surface area contributed by atoms with E-state index in [4.69, 9.17) is 0 Å². The van der Waals surface area contributed by atoms with Crippen molar-refractivity contribution < 1.29 is 9.59 Å². The molecule has 0 radical (unpaired) electrons. The van der Waals surface area contributed by atoms with Gasteiger partial charge < -0.3 is 10.2 Å². The monoisotopic (exact) mass is 449 g/mol. The van der Waals surface area contributed by atoms with E-state index in [0.717, 1.165) is 18.5 Å². The predicted octanol–water partition coefficient (Wildman–Crippen LogP) is 4.30. The second-order valence-electron chi connectivity index (χ2n) is 8.62. The fourth-order valence-corrected chi connectivity index (χ4v) is 5.17. The number of likely N-dealkylation sites (tertiary alicyclic amines) is 1. The van der Waals surface area contributed by atoms with E-state index >= 15 is 0 Å². The van der Waals surface area contributed by atoms with Crippen LogP contribution in [0, 0.1) is 6.92 Å². The summed E-state index contributed by atoms with van der Waals surface area (Å²) in [5, 5.41) is 2.98. The third-order valence-electron chi connectivity index (χ3n) is 6.01. The Morgan fingerprint density at radius 2 is 1.94 bits per heavy atom. The van der Waals surface area contributed by atoms with Gasteiger partial charge in [-0.25, -0.2) is 4.99 Å². The summed E-state index contributed by atoms with van der Waals surface area (Å²) in [4.78, 5) is 32.5. The van der Waals surface area contributed by atoms with Crippen molar-refractivity contribution in [1.82, 2.24) is 10.2 Å². The maximum absolute atomic E-state index is 12.6. The smallest absolute Gasteiger partial charge is 0.283 e. The minimum Gasteiger partial charge on any atom is -0.352 e. The fraction of sp³-hybridized carbons (Fsp3) is 0.423. The second kappa shape index (κ2) is 10.9. The molecule has 3 aliphatic rings. The van der Waals surface area contributed by atoms with E-state index in [9.17, 15) is 9.59 Å². The zero-order valence-corrected chi connectivity index (χ0v) is 19.5. The van der Waals surface area contributed by atoms with Crippen LogP contribution in [0.25, 0.3) is 6.08 Å². The van der Waals surface area contributed by atoms with Gasteiger partial charge in [-0.3, -0.25) is 9.59 Å². The normalized spacial score (nSPS) is 22.7. The lowest BCUT2D eigenvalue weighted by Crippen LogP contribution is -2.32. The molecular weight excluding hydrogens is 418 g/mol. The van der Waals surface area contributed by atoms with Gasteiger partial charge in [0.05, 0.1) is 15.9 Å². The van der Waals surface area contributed by atoms with Crippen LogP contribution < -0.4 is 5.32 Å². The van der Waals surface area contributed by atoms with Crippen LogP contribution in [-0.4, -0.2) is 53.9 Å². The number of nitrogens with one attached hydrogen (secondary N) is 1. The third kappa shape index (κ3) is 6.08. The fourth-order valence-electron chi connectivity index (χ4n) is 4.15. The maximum Gasteiger partial charge on any atom is 0.283 e. The summed E-state index contributed by atoms with van der Waals surface area (Å²) in [6.07, 6.45) is 13.6. The number of carbonyl (C=O) groups excluding carboxylic acids is 2. The number of carbonyl (C=O) groups is 2. The van der Waals surface area contributed by atoms with Gasteiger partial charge in [-0.1, -0.05) is 54.8 Å². The van der Waals surface area contributed by atoms with Gasteiger partial charge in [-0.15, -0.1) is 11.8 Å². The number of aliphatic imine (C=N–C) groups is 1. The predicted molar refractivity (Wildman–Crippen MR) is 133 cm³/mol. The number of nitrogens with zero attached hydrogens (tertiary/aromatic N) is 2. The Labute approximate surface area is 194 Å². The minimum atomic E-state index is -0.245. The molecular formula is C26H31N3O2S. The molecule has 0 saturated carbocycles. The number of aryl methyl sites for hydroxylation is 1. The molecule has 0 spiro atoms. The van der Waals surface area contributed by atoms with Crippen molar-refractivity contribution in [1.29, 1.82) is 0 Å². The minimum absolute atomic E-state index is 0.0380. The summed E-state index contributed by atoms with van der Waals surface area (Å²) >= 11 is 1.49. The van der Waals surface area contributed by atoms with Gasteiger partial charge in [-0.2, -0.15) is 0 Å². The van der Waals surface area contributed by atoms with Crippen molar-refractivity contribution in [2.75, 3.05) is 26.2 Å². The maximum atomic E-state index is 12.6. The molecule has 168 valence electrons. The van der Waals surface area contributed by atoms with Crippen molar-refractivity contribution in [2.24, 2.45) is 4.99 Å². The average molecular weight is 450 g/mol. The molecule has 1 unspecified atom stereocenters. The van der Waals surface area contributed by atoms with Crippen LogP contribution in [-0.2, 0) is 9.59 Å². The number of hydrogen-bond acceptors (Lipinski definition) is 4. The zero-order valence-electron chi connectivity index (χ0n) is 18.7. The van der Waals surface area contributed by atoms with Crippen LogP contribution in [0.5, 0.6) is 0 Å². The molecule has 6 heteroatoms. The van der Waals surface area contributed by atoms with Gasteiger partial charge >= 0.3 is 0 Å². The Morgan fingerprint density at radius 3 is 2.69 bits per heavy atom. The van der Waals surface area contributed by atoms with Crippen molar-refractivity contribution in [3.05, 3.63) is 64.1 Å². The van der Waals surface area contributed by atoms with Crippen molar-refractivity contribution >= 4 is 35.4 Å². The molecule has 4 rings (SSSR count). The zero-order chi connectivity index (χ0) is 22.3. The summed E-state index contributed by atoms with van der Waals surface area (Å²) in [6.45, 7) is 6.08. The number of rotatable bonds is 6. The molecule has 2 amide bonds. The standard InChI is InChI=1S/C26H31N3O2S/c1-19-7-9-20(10-8-19)17-24-26(31)28-22-18-21(11-12-23(22)32-24)25(30)27-13-6-16-29-14-4-2-3-5-15-29/h7-12,17-18,23H,2-6,13-16H2,1H3,(H,27,30)/b24-17+. The van der Waals surface area contributed by atoms with Gasteiger partial charge in [0.2, 0.25) is 0 Å². The lowest BCUT2D eigenvalue weighted by Gasteiger charge is -2.22. The highest BCUT2D eigenvalue weighted by Gasteiger charge is 2.28. The first-order valence-corrected chi connectivity index (χ1v) is 12.4. The first-order valence-electron chi connectivity index (χ1n) is 11.6. The molecule has 1 aromatic rings. The molecule has 0 bridgehead atoms. The molecule has 0 aromatic heterocycles. The number of benzene rings is 1. The Balaban J connectivity index is 1.32. The molecule has 2 aliphatic heterocycles. The Hall–Kier alpha value is -2.44. The highest BCUT2D eigenvalue weighted by Crippen LogP contribution is 2.34. The first kappa shape index (κ1) is 22.7. The van der Waals surface area contributed by atoms with Gasteiger partial charge in [0, 0.05) is 12.1 Å². The molecule has 1 N–H and O–H groups in total. The van der Waals surface area contributed by atoms with Gasteiger partial charge in [0.1, 0.15) is 0 Å². The molecule has 2 heterocycles. The molecule has 1 fully saturated rings. The Morgan fingerprint density at radius 1 is 1.19 bits per heavy atom. The van der Waals surface area contributed by atoms with Gasteiger partial charge in [0.15, 0.2) is 0 Å². The van der Waals surface area contributed by atoms with Crippen molar-refractivity contribution in [3.63, 3.8) is 0 Å². The van der Waals surface area contributed by atoms with E-state index in [0.29, 0.717) is 22.7 Å². The highest BCUT2D eigenvalue weighted by molar-refractivity contribution is 8.05. The van der Waals surface area contributed by atoms with Crippen LogP contribution in [0.2, 0.25) is 0 Å². The van der Waals surface area contributed by atoms with E-state index in [1.807, 2.05) is 49.4 Å². The summed E-state index contributed by atoms with van der Waals surface area (Å²) in [7, 11) is 0. The van der Waals surface area contributed by atoms with Crippen LogP contribution in [0.1, 0.15) is 43.2 Å². The quantitative estimate of drug-likeness (QED) is 0.520. The topological polar surface area (TPSA) is 61.8 Å². The largest absolute Gasteiger partial charge is 0.352 e. The average Bonchev–Trinajstić information content (AvgIpc) is 3.07. The third-order valence-corrected chi connectivity index (χ3v) is 7.21. The molecule has 1 atom stereocenters. The highest BCUT2D eigenvalue weighted by atomic mass is 32.2. The van der Waals surface area contributed by atoms with E-state index in [-0.39, 0.29) is 17.1 Å². The number of amides is 2. The van der Waals surface area contributed by atoms with Crippen LogP contribution in [0.4, 0.5) is 0 Å². The van der Waals surface area contributed by atoms with E-state index in [1.165, 1.54) is 56.1 Å². The lowest BCUT2D eigenvalue weighted by atomic mass is 10.0. The van der Waals surface area contributed by atoms with Gasteiger partial charge in [-0.05, 0) is 63.5 Å². The second-order valence-corrected chi connectivity index (χ2v) is 9.81. The molecule has 1 aliphatic carbocycles. The Bertz CT molecular complexity index is 967. The molecule has 1 aromatic carbocycles. The van der Waals surface area contributed by atoms with E-state index in [2.05, 4.69) is 15.2 Å². The summed E-state index contributed by atoms with van der Waals surface area (Å²) in [5.41, 5.74) is 3.39. The Kier molecular flexibility index (Phi) is 7.76. The number of fused-ring (bicyclic) bond motifs is 1. The van der Waals surface area contributed by atoms with Crippen molar-refractivity contribution in [2.45, 2.75) is 44.3 Å². The lowest BCUT2D eigenvalue weighted by molar-refractivity contribution is -0.117. The molecule has 32 heavy (non-hydrogen) atoms.